The maximum atomic E-state index is 13.0. The van der Waals surface area contributed by atoms with Gasteiger partial charge in [0.1, 0.15) is 23.0 Å². The molecule has 0 atom stereocenters. The van der Waals surface area contributed by atoms with Gasteiger partial charge in [0.25, 0.3) is 0 Å². The summed E-state index contributed by atoms with van der Waals surface area (Å²) in [5.41, 5.74) is 13.8. The zero-order valence-corrected chi connectivity index (χ0v) is 34.9. The maximum Gasteiger partial charge on any atom is 0.131 e. The number of hydrogen-bond acceptors (Lipinski definition) is 4. The van der Waals surface area contributed by atoms with Gasteiger partial charge in [-0.3, -0.25) is 0 Å². The van der Waals surface area contributed by atoms with Gasteiger partial charge in [-0.05, 0) is 245 Å². The van der Waals surface area contributed by atoms with Crippen LogP contribution in [0.4, 0.5) is 0 Å². The first-order valence-electron chi connectivity index (χ1n) is 23.4. The molecule has 0 saturated heterocycles. The molecule has 0 spiro atoms. The Kier molecular flexibility index (Phi) is 8.24. The molecule has 4 heteroatoms. The lowest BCUT2D eigenvalue weighted by Crippen LogP contribution is -2.48. The van der Waals surface area contributed by atoms with Crippen LogP contribution in [0.3, 0.4) is 0 Å². The number of phenolic OH excluding ortho intramolecular Hbond substituents is 2. The summed E-state index contributed by atoms with van der Waals surface area (Å²) in [6.45, 7) is 0. The summed E-state index contributed by atoms with van der Waals surface area (Å²) in [4.78, 5) is 0. The van der Waals surface area contributed by atoms with Crippen LogP contribution in [0.2, 0.25) is 0 Å². The average molecular weight is 775 g/mol. The van der Waals surface area contributed by atoms with Crippen LogP contribution in [0, 0.1) is 35.5 Å². The van der Waals surface area contributed by atoms with Crippen LogP contribution in [-0.4, -0.2) is 24.4 Å². The lowest BCUT2D eigenvalue weighted by Gasteiger charge is -2.57. The monoisotopic (exact) mass is 774 g/mol. The van der Waals surface area contributed by atoms with Crippen molar-refractivity contribution in [2.45, 2.75) is 139 Å². The number of aryl methyl sites for hydroxylation is 2. The van der Waals surface area contributed by atoms with Gasteiger partial charge in [-0.2, -0.15) is 0 Å². The third kappa shape index (κ3) is 5.44. The molecular formula is C54H62O4. The van der Waals surface area contributed by atoms with Crippen LogP contribution in [0.25, 0.3) is 33.4 Å². The molecule has 0 aliphatic heterocycles. The minimum Gasteiger partial charge on any atom is -0.507 e. The maximum absolute atomic E-state index is 13.0. The number of ether oxygens (including phenoxy) is 2. The highest BCUT2D eigenvalue weighted by molar-refractivity contribution is 5.95. The Balaban J connectivity index is 1.05. The highest BCUT2D eigenvalue weighted by Gasteiger charge is 2.53. The first kappa shape index (κ1) is 36.0. The normalized spacial score (nSPS) is 32.6. The molecule has 4 aromatic rings. The third-order valence-electron chi connectivity index (χ3n) is 17.8. The van der Waals surface area contributed by atoms with Gasteiger partial charge in [0.15, 0.2) is 0 Å². The molecule has 58 heavy (non-hydrogen) atoms. The molecule has 4 aromatic carbocycles. The molecule has 0 amide bonds. The van der Waals surface area contributed by atoms with E-state index in [1.54, 1.807) is 14.2 Å². The molecule has 8 saturated carbocycles. The molecular weight excluding hydrogens is 713 g/mol. The highest BCUT2D eigenvalue weighted by Crippen LogP contribution is 2.63. The minimum absolute atomic E-state index is 0.234. The Morgan fingerprint density at radius 1 is 0.448 bits per heavy atom. The first-order valence-corrected chi connectivity index (χ1v) is 23.4. The van der Waals surface area contributed by atoms with Crippen LogP contribution < -0.4 is 9.47 Å². The Bertz CT molecular complexity index is 2100. The Hall–Kier alpha value is -3.92. The molecule has 0 unspecified atom stereocenters. The second-order valence-electron chi connectivity index (χ2n) is 21.2. The molecule has 8 bridgehead atoms. The van der Waals surface area contributed by atoms with E-state index in [-0.39, 0.29) is 10.8 Å². The largest absolute Gasteiger partial charge is 0.507 e. The van der Waals surface area contributed by atoms with Gasteiger partial charge in [-0.1, -0.05) is 12.1 Å². The second-order valence-corrected chi connectivity index (χ2v) is 21.2. The summed E-state index contributed by atoms with van der Waals surface area (Å²) in [6.07, 6.45) is 24.5. The standard InChI is InChI=1S/C54H62O4/c1-57-47-13-11-39(53-25-31-15-32(26-53)17-33(16-31)27-53)23-43(47)45-21-37-7-3-5-9-41(37)49(51(45)55)50-42-10-6-4-8-38(42)22-46(52(50)56)44-24-40(12-14-48(44)58-2)54-28-34-18-35(29-54)20-36(19-34)30-54/h11-14,21-24,31-36,55-56H,3-10,15-20,25-30H2,1-2H3. The highest BCUT2D eigenvalue weighted by atomic mass is 16.5. The van der Waals surface area contributed by atoms with E-state index in [2.05, 4.69) is 48.5 Å². The molecule has 2 N–H and O–H groups in total. The van der Waals surface area contributed by atoms with Crippen molar-refractivity contribution in [1.29, 1.82) is 0 Å². The zero-order valence-electron chi connectivity index (χ0n) is 34.9. The van der Waals surface area contributed by atoms with E-state index in [0.717, 1.165) is 132 Å². The Morgan fingerprint density at radius 2 is 0.793 bits per heavy atom. The van der Waals surface area contributed by atoms with Crippen molar-refractivity contribution < 1.29 is 19.7 Å². The Labute approximate surface area is 345 Å². The van der Waals surface area contributed by atoms with E-state index in [4.69, 9.17) is 9.47 Å². The van der Waals surface area contributed by atoms with Crippen molar-refractivity contribution in [3.8, 4) is 56.4 Å². The van der Waals surface area contributed by atoms with E-state index in [9.17, 15) is 10.2 Å². The predicted molar refractivity (Wildman–Crippen MR) is 232 cm³/mol. The molecule has 10 aliphatic carbocycles. The molecule has 8 fully saturated rings. The number of methoxy groups -OCH3 is 2. The third-order valence-corrected chi connectivity index (χ3v) is 17.8. The second kappa shape index (κ2) is 13.3. The van der Waals surface area contributed by atoms with Gasteiger partial charge in [-0.25, -0.2) is 0 Å². The molecule has 0 heterocycles. The number of fused-ring (bicyclic) bond motifs is 2. The van der Waals surface area contributed by atoms with Gasteiger partial charge in [0, 0.05) is 33.4 Å². The molecule has 14 rings (SSSR count). The van der Waals surface area contributed by atoms with Crippen molar-refractivity contribution in [2.75, 3.05) is 14.2 Å². The molecule has 302 valence electrons. The number of rotatable bonds is 7. The lowest BCUT2D eigenvalue weighted by molar-refractivity contribution is -0.00530. The van der Waals surface area contributed by atoms with E-state index in [1.807, 2.05) is 0 Å². The topological polar surface area (TPSA) is 58.9 Å². The van der Waals surface area contributed by atoms with Gasteiger partial charge in [-0.15, -0.1) is 0 Å². The van der Waals surface area contributed by atoms with E-state index >= 15 is 0 Å². The van der Waals surface area contributed by atoms with Crippen LogP contribution in [0.15, 0.2) is 48.5 Å². The van der Waals surface area contributed by atoms with Crippen molar-refractivity contribution in [2.24, 2.45) is 35.5 Å². The van der Waals surface area contributed by atoms with E-state index in [0.29, 0.717) is 11.5 Å². The van der Waals surface area contributed by atoms with Crippen LogP contribution >= 0.6 is 0 Å². The average Bonchev–Trinajstić information content (AvgIpc) is 3.22. The van der Waals surface area contributed by atoms with Gasteiger partial charge < -0.3 is 19.7 Å². The summed E-state index contributed by atoms with van der Waals surface area (Å²) < 4.78 is 12.3. The fraction of sp³-hybridized carbons (Fsp3) is 0.556. The lowest BCUT2D eigenvalue weighted by atomic mass is 9.48. The molecule has 0 radical (unpaired) electrons. The number of hydrogen-bond donors (Lipinski definition) is 2. The quantitative estimate of drug-likeness (QED) is 0.196. The van der Waals surface area contributed by atoms with Crippen molar-refractivity contribution >= 4 is 0 Å². The molecule has 0 aromatic heterocycles. The molecule has 4 nitrogen and oxygen atoms in total. The van der Waals surface area contributed by atoms with Gasteiger partial charge in [0.05, 0.1) is 14.2 Å². The number of aromatic hydroxyl groups is 2. The summed E-state index contributed by atoms with van der Waals surface area (Å²) in [6, 6.07) is 18.5. The number of phenols is 2. The van der Waals surface area contributed by atoms with Crippen LogP contribution in [0.5, 0.6) is 23.0 Å². The number of benzene rings is 4. The van der Waals surface area contributed by atoms with Crippen molar-refractivity contribution in [1.82, 2.24) is 0 Å². The van der Waals surface area contributed by atoms with Crippen LogP contribution in [0.1, 0.15) is 136 Å². The fourth-order valence-corrected chi connectivity index (χ4v) is 16.2. The van der Waals surface area contributed by atoms with Crippen LogP contribution in [-0.2, 0) is 36.5 Å². The van der Waals surface area contributed by atoms with E-state index in [1.165, 1.54) is 110 Å². The SMILES string of the molecule is COc1ccc(C23CC4CC(CC(C4)C2)C3)cc1-c1cc2c(c(-c3c(O)c(-c4cc(C56CC7CC(CC(C7)C5)C6)ccc4OC)cc4c3CCCC4)c1O)CCCC2. The molecule has 10 aliphatic rings. The fourth-order valence-electron chi connectivity index (χ4n) is 16.2. The van der Waals surface area contributed by atoms with E-state index < -0.39 is 0 Å². The summed E-state index contributed by atoms with van der Waals surface area (Å²) in [5, 5.41) is 26.1. The van der Waals surface area contributed by atoms with Gasteiger partial charge in [0.2, 0.25) is 0 Å². The van der Waals surface area contributed by atoms with Crippen molar-refractivity contribution in [3.05, 3.63) is 81.9 Å². The smallest absolute Gasteiger partial charge is 0.131 e. The predicted octanol–water partition coefficient (Wildman–Crippen LogP) is 12.8. The zero-order chi connectivity index (χ0) is 38.9. The summed E-state index contributed by atoms with van der Waals surface area (Å²) in [5.74, 6) is 7.37. The van der Waals surface area contributed by atoms with Gasteiger partial charge >= 0.3 is 0 Å². The Morgan fingerprint density at radius 3 is 1.14 bits per heavy atom. The summed E-state index contributed by atoms with van der Waals surface area (Å²) >= 11 is 0. The minimum atomic E-state index is 0.234. The first-order chi connectivity index (χ1) is 28.3. The summed E-state index contributed by atoms with van der Waals surface area (Å²) in [7, 11) is 3.55. The van der Waals surface area contributed by atoms with Crippen molar-refractivity contribution in [3.63, 3.8) is 0 Å².